The van der Waals surface area contributed by atoms with Crippen molar-refractivity contribution >= 4 is 28.2 Å². The summed E-state index contributed by atoms with van der Waals surface area (Å²) in [6, 6.07) is 14.6. The van der Waals surface area contributed by atoms with E-state index in [2.05, 4.69) is 31.4 Å². The number of amides is 1. The van der Waals surface area contributed by atoms with Gasteiger partial charge >= 0.3 is 5.97 Å². The Morgan fingerprint density at radius 2 is 1.74 bits per heavy atom. The Morgan fingerprint density at radius 3 is 2.41 bits per heavy atom. The van der Waals surface area contributed by atoms with E-state index in [9.17, 15) is 9.59 Å². The zero-order chi connectivity index (χ0) is 24.0. The maximum atomic E-state index is 13.1. The fraction of sp³-hybridized carbons (Fsp3) is 0.357. The first kappa shape index (κ1) is 22.7. The number of ether oxygens (including phenoxy) is 1. The van der Waals surface area contributed by atoms with Crippen LogP contribution in [0.3, 0.4) is 0 Å². The summed E-state index contributed by atoms with van der Waals surface area (Å²) in [5.41, 5.74) is 4.83. The Labute approximate surface area is 204 Å². The molecule has 6 heteroatoms. The molecule has 1 amide bonds. The number of esters is 1. The molecule has 0 saturated heterocycles. The second-order valence-electron chi connectivity index (χ2n) is 10.4. The predicted molar refractivity (Wildman–Crippen MR) is 136 cm³/mol. The summed E-state index contributed by atoms with van der Waals surface area (Å²) in [6.45, 7) is 8.89. The first-order chi connectivity index (χ1) is 16.2. The topological polar surface area (TPSA) is 67.4 Å². The minimum atomic E-state index is -0.390. The lowest BCUT2D eigenvalue weighted by molar-refractivity contribution is 0.0734. The van der Waals surface area contributed by atoms with E-state index in [1.807, 2.05) is 31.2 Å². The van der Waals surface area contributed by atoms with E-state index >= 15 is 0 Å². The van der Waals surface area contributed by atoms with Crippen LogP contribution in [0.1, 0.15) is 75.6 Å². The molecule has 0 bridgehead atoms. The molecule has 2 aliphatic rings. The molecule has 0 unspecified atom stereocenters. The van der Waals surface area contributed by atoms with Crippen molar-refractivity contribution in [2.24, 2.45) is 11.3 Å². The van der Waals surface area contributed by atoms with Gasteiger partial charge in [0.05, 0.1) is 11.1 Å². The van der Waals surface area contributed by atoms with Gasteiger partial charge in [0.1, 0.15) is 16.9 Å². The van der Waals surface area contributed by atoms with Gasteiger partial charge in [0.15, 0.2) is 0 Å². The van der Waals surface area contributed by atoms with Gasteiger partial charge in [-0.15, -0.1) is 11.3 Å². The van der Waals surface area contributed by atoms with E-state index in [0.717, 1.165) is 41.0 Å². The zero-order valence-electron chi connectivity index (χ0n) is 20.0. The van der Waals surface area contributed by atoms with Crippen LogP contribution in [0.2, 0.25) is 0 Å². The SMILES string of the molecule is Cc1ccc(C(=O)Oc2ccc([C@@H]3NC(=O)c4c(sc5c4CC[C@@H](C(C)(C)C)C5)N3)cc2)cc1. The van der Waals surface area contributed by atoms with Gasteiger partial charge in [0.2, 0.25) is 0 Å². The number of carbonyl (C=O) groups is 2. The number of nitrogens with one attached hydrogen (secondary N) is 2. The smallest absolute Gasteiger partial charge is 0.343 e. The molecule has 1 aromatic heterocycles. The highest BCUT2D eigenvalue weighted by Crippen LogP contribution is 2.46. The van der Waals surface area contributed by atoms with E-state index in [1.54, 1.807) is 35.6 Å². The van der Waals surface area contributed by atoms with E-state index in [4.69, 9.17) is 4.74 Å². The Morgan fingerprint density at radius 1 is 1.03 bits per heavy atom. The summed E-state index contributed by atoms with van der Waals surface area (Å²) in [7, 11) is 0. The van der Waals surface area contributed by atoms with Crippen LogP contribution < -0.4 is 15.4 Å². The van der Waals surface area contributed by atoms with Gasteiger partial charge in [-0.1, -0.05) is 50.6 Å². The van der Waals surface area contributed by atoms with Crippen molar-refractivity contribution in [3.8, 4) is 5.75 Å². The van der Waals surface area contributed by atoms with Crippen molar-refractivity contribution in [1.29, 1.82) is 0 Å². The molecule has 2 aromatic carbocycles. The van der Waals surface area contributed by atoms with E-state index < -0.39 is 0 Å². The van der Waals surface area contributed by atoms with E-state index in [-0.39, 0.29) is 23.5 Å². The van der Waals surface area contributed by atoms with Crippen LogP contribution in [0, 0.1) is 18.3 Å². The number of thiophene rings is 1. The molecule has 1 aliphatic heterocycles. The molecule has 5 rings (SSSR count). The number of aryl methyl sites for hydroxylation is 1. The van der Waals surface area contributed by atoms with Crippen LogP contribution >= 0.6 is 11.3 Å². The minimum absolute atomic E-state index is 0.0136. The van der Waals surface area contributed by atoms with Gasteiger partial charge in [-0.3, -0.25) is 4.79 Å². The minimum Gasteiger partial charge on any atom is -0.423 e. The molecule has 0 spiro atoms. The monoisotopic (exact) mass is 474 g/mol. The quantitative estimate of drug-likeness (QED) is 0.346. The van der Waals surface area contributed by atoms with Crippen LogP contribution in [0.15, 0.2) is 48.5 Å². The molecule has 0 saturated carbocycles. The molecule has 2 N–H and O–H groups in total. The lowest BCUT2D eigenvalue weighted by atomic mass is 9.72. The summed E-state index contributed by atoms with van der Waals surface area (Å²) in [5, 5.41) is 7.59. The van der Waals surface area contributed by atoms with Crippen LogP contribution in [0.5, 0.6) is 5.75 Å². The van der Waals surface area contributed by atoms with E-state index in [1.165, 1.54) is 10.4 Å². The molecule has 0 fully saturated rings. The van der Waals surface area contributed by atoms with Crippen molar-refractivity contribution in [2.45, 2.75) is 53.1 Å². The number of carbonyl (C=O) groups excluding carboxylic acids is 2. The highest BCUT2D eigenvalue weighted by molar-refractivity contribution is 7.16. The van der Waals surface area contributed by atoms with Gasteiger partial charge in [0.25, 0.3) is 5.91 Å². The first-order valence-electron chi connectivity index (χ1n) is 11.8. The lowest BCUT2D eigenvalue weighted by Gasteiger charge is -2.34. The van der Waals surface area contributed by atoms with Crippen molar-refractivity contribution in [2.75, 3.05) is 5.32 Å². The molecule has 2 atom stereocenters. The van der Waals surface area contributed by atoms with Gasteiger partial charge in [-0.25, -0.2) is 4.79 Å². The normalized spacial score (nSPS) is 19.5. The second-order valence-corrected chi connectivity index (χ2v) is 11.5. The van der Waals surface area contributed by atoms with Gasteiger partial charge in [0, 0.05) is 4.88 Å². The van der Waals surface area contributed by atoms with Crippen molar-refractivity contribution < 1.29 is 14.3 Å². The number of rotatable bonds is 3. The third kappa shape index (κ3) is 4.34. The summed E-state index contributed by atoms with van der Waals surface area (Å²) in [4.78, 5) is 26.8. The highest BCUT2D eigenvalue weighted by atomic mass is 32.1. The molecular weight excluding hydrogens is 444 g/mol. The molecule has 176 valence electrons. The summed E-state index contributed by atoms with van der Waals surface area (Å²) in [6.07, 6.45) is 2.81. The van der Waals surface area contributed by atoms with Gasteiger partial charge < -0.3 is 15.4 Å². The fourth-order valence-corrected chi connectivity index (χ4v) is 6.14. The van der Waals surface area contributed by atoms with Crippen molar-refractivity contribution in [1.82, 2.24) is 5.32 Å². The van der Waals surface area contributed by atoms with Gasteiger partial charge in [-0.2, -0.15) is 0 Å². The summed E-state index contributed by atoms with van der Waals surface area (Å²) >= 11 is 1.73. The van der Waals surface area contributed by atoms with Gasteiger partial charge in [-0.05, 0) is 72.9 Å². The van der Waals surface area contributed by atoms with Crippen LogP contribution in [0.4, 0.5) is 5.00 Å². The fourth-order valence-electron chi connectivity index (χ4n) is 4.79. The average Bonchev–Trinajstić information content (AvgIpc) is 3.17. The molecule has 3 aromatic rings. The largest absolute Gasteiger partial charge is 0.423 e. The second kappa shape index (κ2) is 8.58. The average molecular weight is 475 g/mol. The summed E-state index contributed by atoms with van der Waals surface area (Å²) in [5.74, 6) is 0.700. The number of anilines is 1. The van der Waals surface area contributed by atoms with Crippen LogP contribution in [-0.2, 0) is 12.8 Å². The first-order valence-corrected chi connectivity index (χ1v) is 12.6. The highest BCUT2D eigenvalue weighted by Gasteiger charge is 2.36. The predicted octanol–water partition coefficient (Wildman–Crippen LogP) is 6.28. The van der Waals surface area contributed by atoms with Crippen molar-refractivity contribution in [3.63, 3.8) is 0 Å². The van der Waals surface area contributed by atoms with E-state index in [0.29, 0.717) is 17.2 Å². The number of benzene rings is 2. The maximum absolute atomic E-state index is 13.1. The zero-order valence-corrected chi connectivity index (χ0v) is 20.8. The molecule has 5 nitrogen and oxygen atoms in total. The van der Waals surface area contributed by atoms with Crippen molar-refractivity contribution in [3.05, 3.63) is 81.2 Å². The molecule has 2 heterocycles. The Kier molecular flexibility index (Phi) is 5.72. The Hall–Kier alpha value is -3.12. The van der Waals surface area contributed by atoms with Crippen LogP contribution in [-0.4, -0.2) is 11.9 Å². The Bertz CT molecular complexity index is 1240. The molecule has 1 aliphatic carbocycles. The molecule has 34 heavy (non-hydrogen) atoms. The lowest BCUT2D eigenvalue weighted by Crippen LogP contribution is -2.38. The number of hydrogen-bond acceptors (Lipinski definition) is 5. The maximum Gasteiger partial charge on any atom is 0.343 e. The van der Waals surface area contributed by atoms with Crippen LogP contribution in [0.25, 0.3) is 0 Å². The molecule has 0 radical (unpaired) electrons. The number of fused-ring (bicyclic) bond motifs is 3. The standard InChI is InChI=1S/C28H30N2O3S/c1-16-5-7-18(8-6-16)27(32)33-20-12-9-17(10-13-20)24-29-25(31)23-21-14-11-19(28(2,3)4)15-22(21)34-26(23)30-24/h5-10,12-13,19,24,30H,11,14-15H2,1-4H3,(H,29,31)/t19-,24-/m1/s1. The third-order valence-corrected chi connectivity index (χ3v) is 8.16. The molecular formula is C28H30N2O3S. The summed E-state index contributed by atoms with van der Waals surface area (Å²) < 4.78 is 5.51. The number of hydrogen-bond donors (Lipinski definition) is 2. The Balaban J connectivity index is 1.30. The third-order valence-electron chi connectivity index (χ3n) is 6.98.